The van der Waals surface area contributed by atoms with E-state index >= 15 is 0 Å². The molecule has 4 rings (SSSR count). The Kier molecular flexibility index (Phi) is 4.63. The zero-order valence-electron chi connectivity index (χ0n) is 14.8. The van der Waals surface area contributed by atoms with E-state index in [0.29, 0.717) is 17.5 Å². The van der Waals surface area contributed by atoms with Crippen molar-refractivity contribution in [2.75, 3.05) is 11.9 Å². The normalized spacial score (nSPS) is 23.0. The summed E-state index contributed by atoms with van der Waals surface area (Å²) >= 11 is 0. The van der Waals surface area contributed by atoms with Gasteiger partial charge in [-0.2, -0.15) is 10.4 Å². The predicted octanol–water partition coefficient (Wildman–Crippen LogP) is 2.66. The SMILES string of the molecule is N#Cc1cnn(-c2ccccc2)c1NC(=O)COC(=O)C1CC2CCC1C2. The molecule has 0 aliphatic heterocycles. The molecule has 3 atom stereocenters. The van der Waals surface area contributed by atoms with Gasteiger partial charge in [0.05, 0.1) is 17.8 Å². The highest BCUT2D eigenvalue weighted by atomic mass is 16.5. The molecule has 7 heteroatoms. The molecule has 1 heterocycles. The number of aromatic nitrogens is 2. The first-order chi connectivity index (χ1) is 13.2. The molecule has 1 amide bonds. The average Bonchev–Trinajstić information content (AvgIpc) is 3.42. The molecule has 2 saturated carbocycles. The van der Waals surface area contributed by atoms with Gasteiger partial charge in [-0.3, -0.25) is 9.59 Å². The smallest absolute Gasteiger partial charge is 0.309 e. The van der Waals surface area contributed by atoms with E-state index in [1.54, 1.807) is 0 Å². The zero-order valence-corrected chi connectivity index (χ0v) is 14.8. The highest BCUT2D eigenvalue weighted by molar-refractivity contribution is 5.93. The van der Waals surface area contributed by atoms with Crippen LogP contribution in [0.4, 0.5) is 5.82 Å². The lowest BCUT2D eigenvalue weighted by Crippen LogP contribution is -2.28. The van der Waals surface area contributed by atoms with E-state index in [1.807, 2.05) is 36.4 Å². The van der Waals surface area contributed by atoms with Crippen LogP contribution in [0.15, 0.2) is 36.5 Å². The van der Waals surface area contributed by atoms with Crippen molar-refractivity contribution < 1.29 is 14.3 Å². The molecule has 0 spiro atoms. The summed E-state index contributed by atoms with van der Waals surface area (Å²) in [5.74, 6) is 0.482. The molecule has 7 nitrogen and oxygen atoms in total. The maximum Gasteiger partial charge on any atom is 0.309 e. The number of hydrogen-bond acceptors (Lipinski definition) is 5. The number of ether oxygens (including phenoxy) is 1. The fourth-order valence-electron chi connectivity index (χ4n) is 4.26. The Hall–Kier alpha value is -3.14. The second-order valence-corrected chi connectivity index (χ2v) is 7.20. The molecule has 3 unspecified atom stereocenters. The Balaban J connectivity index is 1.40. The first-order valence-electron chi connectivity index (χ1n) is 9.15. The van der Waals surface area contributed by atoms with Gasteiger partial charge in [0.1, 0.15) is 11.6 Å². The van der Waals surface area contributed by atoms with Crippen LogP contribution in [-0.4, -0.2) is 28.3 Å². The van der Waals surface area contributed by atoms with Crippen LogP contribution in [0.1, 0.15) is 31.2 Å². The van der Waals surface area contributed by atoms with Crippen LogP contribution in [0.5, 0.6) is 0 Å². The van der Waals surface area contributed by atoms with E-state index in [9.17, 15) is 14.9 Å². The summed E-state index contributed by atoms with van der Waals surface area (Å²) in [4.78, 5) is 24.6. The van der Waals surface area contributed by atoms with Gasteiger partial charge in [0, 0.05) is 0 Å². The molecule has 2 bridgehead atoms. The predicted molar refractivity (Wildman–Crippen MR) is 96.8 cm³/mol. The first-order valence-corrected chi connectivity index (χ1v) is 9.15. The molecule has 2 aliphatic carbocycles. The number of rotatable bonds is 5. The minimum Gasteiger partial charge on any atom is -0.455 e. The van der Waals surface area contributed by atoms with Gasteiger partial charge in [-0.05, 0) is 43.2 Å². The number of hydrogen-bond donors (Lipinski definition) is 1. The number of nitriles is 1. The molecule has 2 fully saturated rings. The number of esters is 1. The summed E-state index contributed by atoms with van der Waals surface area (Å²) in [5, 5.41) is 16.1. The molecule has 0 saturated heterocycles. The summed E-state index contributed by atoms with van der Waals surface area (Å²) in [6.07, 6.45) is 5.66. The zero-order chi connectivity index (χ0) is 18.8. The standard InChI is InChI=1S/C20H20N4O3/c21-10-15-11-22-24(16-4-2-1-3-5-16)19(15)23-18(25)12-27-20(26)17-9-13-6-7-14(17)8-13/h1-5,11,13-14,17H,6-9,12H2,(H,23,25). The van der Waals surface area contributed by atoms with Crippen molar-refractivity contribution in [3.05, 3.63) is 42.1 Å². The van der Waals surface area contributed by atoms with E-state index in [1.165, 1.54) is 17.3 Å². The number of carbonyl (C=O) groups is 2. The third kappa shape index (κ3) is 3.43. The molecular weight excluding hydrogens is 344 g/mol. The van der Waals surface area contributed by atoms with Crippen molar-refractivity contribution in [2.45, 2.75) is 25.7 Å². The van der Waals surface area contributed by atoms with Crippen LogP contribution in [0, 0.1) is 29.1 Å². The maximum atomic E-state index is 12.3. The van der Waals surface area contributed by atoms with Crippen LogP contribution in [-0.2, 0) is 14.3 Å². The van der Waals surface area contributed by atoms with Gasteiger partial charge in [0.2, 0.25) is 0 Å². The average molecular weight is 364 g/mol. The lowest BCUT2D eigenvalue weighted by atomic mass is 9.89. The maximum absolute atomic E-state index is 12.3. The molecule has 1 aromatic heterocycles. The largest absolute Gasteiger partial charge is 0.455 e. The second-order valence-electron chi connectivity index (χ2n) is 7.20. The molecule has 2 aromatic rings. The fraction of sp³-hybridized carbons (Fsp3) is 0.400. The van der Waals surface area contributed by atoms with Crippen LogP contribution >= 0.6 is 0 Å². The van der Waals surface area contributed by atoms with Gasteiger partial charge >= 0.3 is 5.97 Å². The van der Waals surface area contributed by atoms with Crippen LogP contribution in [0.3, 0.4) is 0 Å². The number of benzene rings is 1. The number of nitrogens with one attached hydrogen (secondary N) is 1. The molecule has 2 aliphatic rings. The highest BCUT2D eigenvalue weighted by Crippen LogP contribution is 2.48. The van der Waals surface area contributed by atoms with Crippen molar-refractivity contribution in [1.29, 1.82) is 5.26 Å². The Morgan fingerprint density at radius 3 is 2.74 bits per heavy atom. The summed E-state index contributed by atoms with van der Waals surface area (Å²) in [7, 11) is 0. The first kappa shape index (κ1) is 17.3. The number of nitrogens with zero attached hydrogens (tertiary/aromatic N) is 3. The lowest BCUT2D eigenvalue weighted by Gasteiger charge is -2.19. The molecular formula is C20H20N4O3. The molecule has 138 valence electrons. The molecule has 27 heavy (non-hydrogen) atoms. The molecule has 1 aromatic carbocycles. The molecule has 1 N–H and O–H groups in total. The van der Waals surface area contributed by atoms with Crippen molar-refractivity contribution in [1.82, 2.24) is 9.78 Å². The molecule has 0 radical (unpaired) electrons. The summed E-state index contributed by atoms with van der Waals surface area (Å²) < 4.78 is 6.73. The third-order valence-electron chi connectivity index (χ3n) is 5.53. The van der Waals surface area contributed by atoms with Crippen molar-refractivity contribution in [3.8, 4) is 11.8 Å². The van der Waals surface area contributed by atoms with Crippen LogP contribution < -0.4 is 5.32 Å². The van der Waals surface area contributed by atoms with Gasteiger partial charge < -0.3 is 10.1 Å². The minimum atomic E-state index is -0.485. The Morgan fingerprint density at radius 2 is 2.07 bits per heavy atom. The third-order valence-corrected chi connectivity index (χ3v) is 5.53. The van der Waals surface area contributed by atoms with E-state index in [-0.39, 0.29) is 29.9 Å². The van der Waals surface area contributed by atoms with Crippen LogP contribution in [0.25, 0.3) is 5.69 Å². The topological polar surface area (TPSA) is 97.0 Å². The summed E-state index contributed by atoms with van der Waals surface area (Å²) in [6.45, 7) is -0.364. The van der Waals surface area contributed by atoms with Gasteiger partial charge in [-0.25, -0.2) is 4.68 Å². The number of para-hydroxylation sites is 1. The van der Waals surface area contributed by atoms with Gasteiger partial charge in [-0.15, -0.1) is 0 Å². The highest BCUT2D eigenvalue weighted by Gasteiger charge is 2.44. The number of amides is 1. The van der Waals surface area contributed by atoms with E-state index in [0.717, 1.165) is 19.3 Å². The fourth-order valence-corrected chi connectivity index (χ4v) is 4.26. The minimum absolute atomic E-state index is 0.0685. The van der Waals surface area contributed by atoms with Crippen LogP contribution in [0.2, 0.25) is 0 Å². The van der Waals surface area contributed by atoms with Gasteiger partial charge in [0.25, 0.3) is 5.91 Å². The van der Waals surface area contributed by atoms with Gasteiger partial charge in [0.15, 0.2) is 12.4 Å². The Labute approximate surface area is 156 Å². The van der Waals surface area contributed by atoms with Gasteiger partial charge in [-0.1, -0.05) is 24.6 Å². The number of carbonyl (C=O) groups excluding carboxylic acids is 2. The number of fused-ring (bicyclic) bond motifs is 2. The van der Waals surface area contributed by atoms with E-state index in [4.69, 9.17) is 4.74 Å². The summed E-state index contributed by atoms with van der Waals surface area (Å²) in [6, 6.07) is 11.2. The van der Waals surface area contributed by atoms with E-state index < -0.39 is 5.91 Å². The quantitative estimate of drug-likeness (QED) is 0.823. The Bertz CT molecular complexity index is 900. The van der Waals surface area contributed by atoms with E-state index in [2.05, 4.69) is 10.4 Å². The monoisotopic (exact) mass is 364 g/mol. The second kappa shape index (κ2) is 7.23. The summed E-state index contributed by atoms with van der Waals surface area (Å²) in [5.41, 5.74) is 0.958. The number of anilines is 1. The van der Waals surface area contributed by atoms with Crippen molar-refractivity contribution in [3.63, 3.8) is 0 Å². The Morgan fingerprint density at radius 1 is 1.26 bits per heavy atom. The van der Waals surface area contributed by atoms with Crippen molar-refractivity contribution >= 4 is 17.7 Å². The lowest BCUT2D eigenvalue weighted by molar-refractivity contribution is -0.153. The van der Waals surface area contributed by atoms with Crippen molar-refractivity contribution in [2.24, 2.45) is 17.8 Å².